The Hall–Kier alpha value is -4.12. The number of hydrogen-bond acceptors (Lipinski definition) is 8. The highest BCUT2D eigenvalue weighted by atomic mass is 32.2. The molecule has 0 unspecified atom stereocenters. The Morgan fingerprint density at radius 1 is 0.725 bits per heavy atom. The third-order valence-corrected chi connectivity index (χ3v) is 9.09. The van der Waals surface area contributed by atoms with Crippen LogP contribution in [0.3, 0.4) is 0 Å². The molecule has 5 aromatic rings. The van der Waals surface area contributed by atoms with Gasteiger partial charge in [0, 0.05) is 30.4 Å². The Kier molecular flexibility index (Phi) is 7.92. The predicted octanol–water partition coefficient (Wildman–Crippen LogP) is 5.01. The van der Waals surface area contributed by atoms with Gasteiger partial charge in [0.2, 0.25) is 9.84 Å². The van der Waals surface area contributed by atoms with Gasteiger partial charge in [0.15, 0.2) is 0 Å². The number of anilines is 2. The molecule has 0 radical (unpaired) electrons. The van der Waals surface area contributed by atoms with Crippen LogP contribution in [0.1, 0.15) is 5.56 Å². The third-order valence-electron chi connectivity index (χ3n) is 6.36. The maximum atomic E-state index is 12.9. The second-order valence-corrected chi connectivity index (χ2v) is 13.6. The van der Waals surface area contributed by atoms with Gasteiger partial charge in [-0.25, -0.2) is 26.8 Å². The predicted molar refractivity (Wildman–Crippen MR) is 158 cm³/mol. The van der Waals surface area contributed by atoms with Gasteiger partial charge in [0.1, 0.15) is 22.0 Å². The van der Waals surface area contributed by atoms with Crippen molar-refractivity contribution in [3.05, 3.63) is 109 Å². The number of benzene rings is 4. The highest BCUT2D eigenvalue weighted by Crippen LogP contribution is 2.29. The van der Waals surface area contributed by atoms with Crippen LogP contribution in [-0.4, -0.2) is 45.4 Å². The molecule has 0 aliphatic carbocycles. The zero-order valence-corrected chi connectivity index (χ0v) is 23.4. The molecule has 4 aromatic carbocycles. The van der Waals surface area contributed by atoms with E-state index in [2.05, 4.69) is 26.7 Å². The highest BCUT2D eigenvalue weighted by molar-refractivity contribution is 7.91. The lowest BCUT2D eigenvalue weighted by atomic mass is 10.0. The van der Waals surface area contributed by atoms with E-state index in [4.69, 9.17) is 0 Å². The summed E-state index contributed by atoms with van der Waals surface area (Å²) in [7, 11) is -6.59. The Bertz CT molecular complexity index is 1860. The van der Waals surface area contributed by atoms with Gasteiger partial charge in [-0.2, -0.15) is 0 Å². The number of nitrogens with one attached hydrogen (secondary N) is 2. The molecule has 0 atom stereocenters. The molecule has 1 aromatic heterocycles. The van der Waals surface area contributed by atoms with Crippen molar-refractivity contribution in [1.29, 1.82) is 0 Å². The van der Waals surface area contributed by atoms with Crippen molar-refractivity contribution in [2.24, 2.45) is 0 Å². The molecule has 8 nitrogen and oxygen atoms in total. The first-order valence-corrected chi connectivity index (χ1v) is 16.1. The van der Waals surface area contributed by atoms with E-state index in [0.717, 1.165) is 27.6 Å². The molecule has 5 rings (SSSR count). The lowest BCUT2D eigenvalue weighted by molar-refractivity contribution is 0.594. The second-order valence-electron chi connectivity index (χ2n) is 9.43. The second kappa shape index (κ2) is 11.5. The first-order valence-electron chi connectivity index (χ1n) is 12.6. The van der Waals surface area contributed by atoms with Crippen LogP contribution in [0, 0.1) is 0 Å². The SMILES string of the molecule is CS(=O)(=O)CCNCc1cccc(-c2ccc3c(Nc4ccc(S(=O)(=O)c5ccccc5)cc4)ncnc3c2)c1. The average Bonchev–Trinajstić information content (AvgIpc) is 2.96. The van der Waals surface area contributed by atoms with E-state index in [1.54, 1.807) is 54.6 Å². The number of aromatic nitrogens is 2. The summed E-state index contributed by atoms with van der Waals surface area (Å²) in [5.41, 5.74) is 4.52. The number of nitrogens with zero attached hydrogens (tertiary/aromatic N) is 2. The van der Waals surface area contributed by atoms with Crippen molar-refractivity contribution in [1.82, 2.24) is 15.3 Å². The molecular weight excluding hydrogens is 544 g/mol. The minimum Gasteiger partial charge on any atom is -0.340 e. The molecule has 204 valence electrons. The summed E-state index contributed by atoms with van der Waals surface area (Å²) in [5, 5.41) is 7.28. The molecule has 0 aliphatic heterocycles. The summed E-state index contributed by atoms with van der Waals surface area (Å²) in [4.78, 5) is 9.33. The van der Waals surface area contributed by atoms with Crippen molar-refractivity contribution in [3.8, 4) is 11.1 Å². The van der Waals surface area contributed by atoms with Crippen LogP contribution < -0.4 is 10.6 Å². The van der Waals surface area contributed by atoms with Gasteiger partial charge in [-0.05, 0) is 71.3 Å². The van der Waals surface area contributed by atoms with Gasteiger partial charge in [-0.15, -0.1) is 0 Å². The molecular formula is C30H28N4O4S2. The number of hydrogen-bond donors (Lipinski definition) is 2. The Balaban J connectivity index is 1.33. The molecule has 0 bridgehead atoms. The van der Waals surface area contributed by atoms with Gasteiger partial charge >= 0.3 is 0 Å². The molecule has 2 N–H and O–H groups in total. The maximum Gasteiger partial charge on any atom is 0.206 e. The Morgan fingerprint density at radius 3 is 2.20 bits per heavy atom. The largest absolute Gasteiger partial charge is 0.340 e. The maximum absolute atomic E-state index is 12.9. The van der Waals surface area contributed by atoms with Crippen LogP contribution in [0.2, 0.25) is 0 Å². The van der Waals surface area contributed by atoms with Crippen LogP contribution in [0.5, 0.6) is 0 Å². The van der Waals surface area contributed by atoms with E-state index < -0.39 is 19.7 Å². The van der Waals surface area contributed by atoms with Gasteiger partial charge in [0.05, 0.1) is 21.1 Å². The van der Waals surface area contributed by atoms with E-state index >= 15 is 0 Å². The van der Waals surface area contributed by atoms with Crippen molar-refractivity contribution in [2.75, 3.05) is 23.9 Å². The molecule has 1 heterocycles. The van der Waals surface area contributed by atoms with Crippen LogP contribution in [0.25, 0.3) is 22.0 Å². The summed E-state index contributed by atoms with van der Waals surface area (Å²) < 4.78 is 48.4. The van der Waals surface area contributed by atoms with Crippen molar-refractivity contribution in [2.45, 2.75) is 16.3 Å². The normalized spacial score (nSPS) is 11.9. The van der Waals surface area contributed by atoms with E-state index in [1.807, 2.05) is 36.4 Å². The number of sulfone groups is 2. The van der Waals surface area contributed by atoms with E-state index in [1.165, 1.54) is 12.6 Å². The highest BCUT2D eigenvalue weighted by Gasteiger charge is 2.17. The average molecular weight is 573 g/mol. The number of fused-ring (bicyclic) bond motifs is 1. The van der Waals surface area contributed by atoms with Gasteiger partial charge in [-0.3, -0.25) is 0 Å². The van der Waals surface area contributed by atoms with E-state index in [0.29, 0.717) is 24.6 Å². The monoisotopic (exact) mass is 572 g/mol. The molecule has 0 saturated heterocycles. The summed E-state index contributed by atoms with van der Waals surface area (Å²) >= 11 is 0. The van der Waals surface area contributed by atoms with E-state index in [9.17, 15) is 16.8 Å². The zero-order valence-electron chi connectivity index (χ0n) is 21.8. The Labute approximate surface area is 234 Å². The molecule has 0 amide bonds. The molecule has 0 aliphatic rings. The summed E-state index contributed by atoms with van der Waals surface area (Å²) in [6, 6.07) is 29.0. The summed E-state index contributed by atoms with van der Waals surface area (Å²) in [6.45, 7) is 0.968. The minimum absolute atomic E-state index is 0.102. The topological polar surface area (TPSA) is 118 Å². The van der Waals surface area contributed by atoms with Crippen molar-refractivity contribution in [3.63, 3.8) is 0 Å². The van der Waals surface area contributed by atoms with E-state index in [-0.39, 0.29) is 15.5 Å². The fourth-order valence-corrected chi connectivity index (χ4v) is 6.07. The summed E-state index contributed by atoms with van der Waals surface area (Å²) in [5.74, 6) is 0.712. The van der Waals surface area contributed by atoms with Gasteiger partial charge in [0.25, 0.3) is 0 Å². The smallest absolute Gasteiger partial charge is 0.206 e. The van der Waals surface area contributed by atoms with Crippen molar-refractivity contribution >= 4 is 42.1 Å². The minimum atomic E-state index is -3.59. The lowest BCUT2D eigenvalue weighted by Crippen LogP contribution is -2.21. The summed E-state index contributed by atoms with van der Waals surface area (Å²) in [6.07, 6.45) is 2.72. The van der Waals surface area contributed by atoms with Crippen LogP contribution in [0.15, 0.2) is 113 Å². The van der Waals surface area contributed by atoms with Crippen LogP contribution >= 0.6 is 0 Å². The van der Waals surface area contributed by atoms with Crippen LogP contribution in [-0.2, 0) is 26.2 Å². The molecule has 10 heteroatoms. The standard InChI is InChI=1S/C30H28N4O4S2/c1-39(35,36)17-16-31-20-22-6-5-7-23(18-22)24-10-15-28-29(19-24)32-21-33-30(28)34-25-11-13-27(14-12-25)40(37,38)26-8-3-2-4-9-26/h2-15,18-19,21,31H,16-17,20H2,1H3,(H,32,33,34). The third kappa shape index (κ3) is 6.53. The molecule has 0 saturated carbocycles. The zero-order chi connectivity index (χ0) is 28.2. The quantitative estimate of drug-likeness (QED) is 0.224. The van der Waals surface area contributed by atoms with Gasteiger partial charge in [-0.1, -0.05) is 42.5 Å². The lowest BCUT2D eigenvalue weighted by Gasteiger charge is -2.11. The molecule has 40 heavy (non-hydrogen) atoms. The van der Waals surface area contributed by atoms with Crippen LogP contribution in [0.4, 0.5) is 11.5 Å². The first kappa shape index (κ1) is 27.4. The molecule has 0 spiro atoms. The molecule has 0 fully saturated rings. The van der Waals surface area contributed by atoms with Gasteiger partial charge < -0.3 is 10.6 Å². The van der Waals surface area contributed by atoms with Crippen molar-refractivity contribution < 1.29 is 16.8 Å². The fraction of sp³-hybridized carbons (Fsp3) is 0.133. The fourth-order valence-electron chi connectivity index (χ4n) is 4.28. The Morgan fingerprint density at radius 2 is 1.45 bits per heavy atom. The first-order chi connectivity index (χ1) is 19.2. The number of rotatable bonds is 10.